The number of nitrogens with zero attached hydrogens (tertiary/aromatic N) is 1. The quantitative estimate of drug-likeness (QED) is 0.801. The van der Waals surface area contributed by atoms with Crippen LogP contribution < -0.4 is 0 Å². The fourth-order valence-corrected chi connectivity index (χ4v) is 3.34. The molecule has 5 heteroatoms. The van der Waals surface area contributed by atoms with Crippen LogP contribution in [0.5, 0.6) is 0 Å². The minimum Gasteiger partial charge on any atom is -0.466 e. The highest BCUT2D eigenvalue weighted by atomic mass is 16.5. The first kappa shape index (κ1) is 15.0. The molecule has 2 aliphatic heterocycles. The molecular weight excluding hydrogens is 282 g/mol. The zero-order valence-electron chi connectivity index (χ0n) is 12.7. The zero-order chi connectivity index (χ0) is 15.5. The number of hydrogen-bond donors (Lipinski definition) is 0. The van der Waals surface area contributed by atoms with Gasteiger partial charge in [-0.15, -0.1) is 0 Å². The molecule has 22 heavy (non-hydrogen) atoms. The van der Waals surface area contributed by atoms with Crippen molar-refractivity contribution in [2.75, 3.05) is 13.2 Å². The summed E-state index contributed by atoms with van der Waals surface area (Å²) in [5, 5.41) is 0. The summed E-state index contributed by atoms with van der Waals surface area (Å²) in [7, 11) is 0. The van der Waals surface area contributed by atoms with Gasteiger partial charge in [0.25, 0.3) is 0 Å². The highest BCUT2D eigenvalue weighted by Gasteiger charge is 2.44. The van der Waals surface area contributed by atoms with Gasteiger partial charge in [-0.2, -0.15) is 0 Å². The van der Waals surface area contributed by atoms with E-state index in [0.29, 0.717) is 32.5 Å². The predicted octanol–water partition coefficient (Wildman–Crippen LogP) is 2.28. The van der Waals surface area contributed by atoms with Crippen LogP contribution in [0.2, 0.25) is 0 Å². The van der Waals surface area contributed by atoms with Crippen molar-refractivity contribution in [1.82, 2.24) is 4.90 Å². The number of carbonyl (C=O) groups is 2. The lowest BCUT2D eigenvalue weighted by atomic mass is 9.91. The molecule has 0 spiro atoms. The van der Waals surface area contributed by atoms with Gasteiger partial charge >= 0.3 is 5.97 Å². The fourth-order valence-electron chi connectivity index (χ4n) is 3.34. The molecule has 5 nitrogen and oxygen atoms in total. The topological polar surface area (TPSA) is 55.8 Å². The molecule has 0 aliphatic carbocycles. The van der Waals surface area contributed by atoms with Gasteiger partial charge in [-0.3, -0.25) is 9.59 Å². The first-order valence-corrected chi connectivity index (χ1v) is 7.82. The smallest absolute Gasteiger partial charge is 0.306 e. The summed E-state index contributed by atoms with van der Waals surface area (Å²) in [5.41, 5.74) is 1.10. The van der Waals surface area contributed by atoms with Crippen LogP contribution in [0, 0.1) is 5.92 Å². The van der Waals surface area contributed by atoms with Gasteiger partial charge in [0, 0.05) is 12.8 Å². The second-order valence-electron chi connectivity index (χ2n) is 5.83. The van der Waals surface area contributed by atoms with Crippen molar-refractivity contribution in [2.45, 2.75) is 38.5 Å². The molecule has 1 amide bonds. The van der Waals surface area contributed by atoms with Crippen molar-refractivity contribution in [3.05, 3.63) is 35.9 Å². The van der Waals surface area contributed by atoms with Crippen molar-refractivity contribution in [3.63, 3.8) is 0 Å². The van der Waals surface area contributed by atoms with Gasteiger partial charge in [-0.05, 0) is 24.8 Å². The molecule has 1 aromatic carbocycles. The summed E-state index contributed by atoms with van der Waals surface area (Å²) in [6.07, 6.45) is 1.17. The molecule has 0 saturated carbocycles. The predicted molar refractivity (Wildman–Crippen MR) is 79.7 cm³/mol. The van der Waals surface area contributed by atoms with Crippen LogP contribution in [0.15, 0.2) is 30.3 Å². The number of esters is 1. The van der Waals surface area contributed by atoms with Gasteiger partial charge in [0.05, 0.1) is 19.3 Å². The highest BCUT2D eigenvalue weighted by Crippen LogP contribution is 2.38. The Morgan fingerprint density at radius 2 is 2.14 bits per heavy atom. The number of piperidine rings is 1. The van der Waals surface area contributed by atoms with Crippen LogP contribution in [0.25, 0.3) is 0 Å². The van der Waals surface area contributed by atoms with E-state index in [1.54, 1.807) is 6.92 Å². The molecule has 3 rings (SSSR count). The average Bonchev–Trinajstić information content (AvgIpc) is 2.92. The van der Waals surface area contributed by atoms with Crippen molar-refractivity contribution in [1.29, 1.82) is 0 Å². The van der Waals surface area contributed by atoms with Gasteiger partial charge in [0.2, 0.25) is 5.91 Å². The van der Waals surface area contributed by atoms with Crippen LogP contribution in [0.4, 0.5) is 0 Å². The summed E-state index contributed by atoms with van der Waals surface area (Å²) < 4.78 is 10.8. The molecule has 0 radical (unpaired) electrons. The minimum absolute atomic E-state index is 0.0118. The number of rotatable bonds is 4. The van der Waals surface area contributed by atoms with E-state index in [1.165, 1.54) is 0 Å². The third-order valence-corrected chi connectivity index (χ3v) is 4.32. The van der Waals surface area contributed by atoms with Crippen LogP contribution in [0.3, 0.4) is 0 Å². The van der Waals surface area contributed by atoms with Crippen molar-refractivity contribution in [2.24, 2.45) is 5.92 Å². The Bertz CT molecular complexity index is 545. The standard InChI is InChI=1S/C17H21NO4/c1-2-21-17(20)10-12-8-15(19)18-14(11-22-16(18)9-12)13-6-4-3-5-7-13/h3-7,12,14,16H,2,8-11H2,1H3/t12-,14+,16+/m1/s1. The third-order valence-electron chi connectivity index (χ3n) is 4.32. The fraction of sp³-hybridized carbons (Fsp3) is 0.529. The lowest BCUT2D eigenvalue weighted by Crippen LogP contribution is -2.44. The van der Waals surface area contributed by atoms with E-state index < -0.39 is 0 Å². The van der Waals surface area contributed by atoms with Crippen molar-refractivity contribution in [3.8, 4) is 0 Å². The molecule has 2 saturated heterocycles. The molecule has 3 atom stereocenters. The van der Waals surface area contributed by atoms with Gasteiger partial charge in [-0.1, -0.05) is 30.3 Å². The Balaban J connectivity index is 1.67. The van der Waals surface area contributed by atoms with Crippen molar-refractivity contribution < 1.29 is 19.1 Å². The number of hydrogen-bond acceptors (Lipinski definition) is 4. The first-order valence-electron chi connectivity index (χ1n) is 7.82. The van der Waals surface area contributed by atoms with Crippen LogP contribution in [-0.4, -0.2) is 36.2 Å². The molecular formula is C17H21NO4. The lowest BCUT2D eigenvalue weighted by molar-refractivity contribution is -0.150. The number of benzene rings is 1. The Morgan fingerprint density at radius 3 is 2.86 bits per heavy atom. The normalized spacial score (nSPS) is 27.6. The minimum atomic E-state index is -0.230. The monoisotopic (exact) mass is 303 g/mol. The second-order valence-corrected chi connectivity index (χ2v) is 5.83. The Kier molecular flexibility index (Phi) is 4.43. The van der Waals surface area contributed by atoms with Gasteiger partial charge < -0.3 is 14.4 Å². The molecule has 0 N–H and O–H groups in total. The summed E-state index contributed by atoms with van der Waals surface area (Å²) in [6, 6.07) is 9.94. The van der Waals surface area contributed by atoms with E-state index in [4.69, 9.17) is 9.47 Å². The van der Waals surface area contributed by atoms with E-state index in [0.717, 1.165) is 5.56 Å². The summed E-state index contributed by atoms with van der Waals surface area (Å²) in [4.78, 5) is 26.0. The van der Waals surface area contributed by atoms with Gasteiger partial charge in [-0.25, -0.2) is 0 Å². The number of carbonyl (C=O) groups excluding carboxylic acids is 2. The average molecular weight is 303 g/mol. The van der Waals surface area contributed by atoms with E-state index in [9.17, 15) is 9.59 Å². The molecule has 2 aliphatic rings. The van der Waals surface area contributed by atoms with Gasteiger partial charge in [0.15, 0.2) is 0 Å². The van der Waals surface area contributed by atoms with E-state index in [2.05, 4.69) is 0 Å². The van der Waals surface area contributed by atoms with E-state index in [1.807, 2.05) is 35.2 Å². The first-order chi connectivity index (χ1) is 10.7. The maximum atomic E-state index is 12.5. The number of ether oxygens (including phenoxy) is 2. The summed E-state index contributed by atoms with van der Waals surface area (Å²) in [6.45, 7) is 2.68. The molecule has 0 aromatic heterocycles. The molecule has 2 fully saturated rings. The molecule has 2 heterocycles. The second kappa shape index (κ2) is 6.48. The SMILES string of the molecule is CCOC(=O)C[C@@H]1CC(=O)N2[C@H](C1)OC[C@H]2c1ccccc1. The zero-order valence-corrected chi connectivity index (χ0v) is 12.7. The Hall–Kier alpha value is -1.88. The number of amides is 1. The number of fused-ring (bicyclic) bond motifs is 1. The van der Waals surface area contributed by atoms with Crippen LogP contribution in [-0.2, 0) is 19.1 Å². The molecule has 1 aromatic rings. The largest absolute Gasteiger partial charge is 0.466 e. The van der Waals surface area contributed by atoms with E-state index in [-0.39, 0.29) is 30.1 Å². The molecule has 0 bridgehead atoms. The maximum absolute atomic E-state index is 12.5. The summed E-state index contributed by atoms with van der Waals surface area (Å²) >= 11 is 0. The van der Waals surface area contributed by atoms with E-state index >= 15 is 0 Å². The van der Waals surface area contributed by atoms with Crippen LogP contribution in [0.1, 0.15) is 37.8 Å². The summed E-state index contributed by atoms with van der Waals surface area (Å²) in [5.74, 6) is -0.148. The lowest BCUT2D eigenvalue weighted by Gasteiger charge is -2.35. The molecule has 0 unspecified atom stereocenters. The van der Waals surface area contributed by atoms with Crippen molar-refractivity contribution >= 4 is 11.9 Å². The maximum Gasteiger partial charge on any atom is 0.306 e. The Labute approximate surface area is 130 Å². The van der Waals surface area contributed by atoms with Crippen LogP contribution >= 0.6 is 0 Å². The highest BCUT2D eigenvalue weighted by molar-refractivity contribution is 5.79. The van der Waals surface area contributed by atoms with Gasteiger partial charge in [0.1, 0.15) is 6.23 Å². The Morgan fingerprint density at radius 1 is 1.36 bits per heavy atom. The molecule has 118 valence electrons. The third kappa shape index (κ3) is 2.99.